The minimum absolute atomic E-state index is 0.0360. The van der Waals surface area contributed by atoms with Gasteiger partial charge in [-0.3, -0.25) is 14.9 Å². The first-order chi connectivity index (χ1) is 8.43. The fraction of sp³-hybridized carbons (Fsp3) is 0.500. The van der Waals surface area contributed by atoms with Gasteiger partial charge in [0, 0.05) is 18.6 Å². The molecular weight excluding hydrogens is 236 g/mol. The number of nitro groups is 1. The van der Waals surface area contributed by atoms with E-state index in [2.05, 4.69) is 4.98 Å². The molecule has 0 saturated carbocycles. The summed E-state index contributed by atoms with van der Waals surface area (Å²) in [5.74, 6) is 0.434. The molecule has 1 aromatic rings. The normalized spacial score (nSPS) is 10.4. The molecule has 1 aromatic heterocycles. The summed E-state index contributed by atoms with van der Waals surface area (Å²) < 4.78 is 4.91. The number of pyridine rings is 1. The van der Waals surface area contributed by atoms with E-state index in [1.165, 1.54) is 19.2 Å². The molecule has 98 valence electrons. The number of carbonyl (C=O) groups excluding carboxylic acids is 1. The van der Waals surface area contributed by atoms with E-state index < -0.39 is 4.92 Å². The van der Waals surface area contributed by atoms with Crippen molar-refractivity contribution in [3.63, 3.8) is 0 Å². The van der Waals surface area contributed by atoms with Crippen LogP contribution in [-0.2, 0) is 11.2 Å². The number of methoxy groups -OCH3 is 1. The lowest BCUT2D eigenvalue weighted by molar-refractivity contribution is -0.385. The van der Waals surface area contributed by atoms with Crippen LogP contribution < -0.4 is 4.74 Å². The van der Waals surface area contributed by atoms with E-state index in [1.54, 1.807) is 0 Å². The topological polar surface area (TPSA) is 82.3 Å². The van der Waals surface area contributed by atoms with Crippen LogP contribution in [0.25, 0.3) is 0 Å². The summed E-state index contributed by atoms with van der Waals surface area (Å²) in [7, 11) is 1.42. The van der Waals surface area contributed by atoms with Gasteiger partial charge in [0.05, 0.1) is 18.5 Å². The molecule has 0 aromatic carbocycles. The van der Waals surface area contributed by atoms with Crippen molar-refractivity contribution in [3.05, 3.63) is 27.9 Å². The number of carbonyl (C=O) groups is 1. The van der Waals surface area contributed by atoms with Crippen molar-refractivity contribution in [1.82, 2.24) is 4.98 Å². The van der Waals surface area contributed by atoms with Crippen LogP contribution in [0.3, 0.4) is 0 Å². The highest BCUT2D eigenvalue weighted by atomic mass is 16.6. The second-order valence-corrected chi connectivity index (χ2v) is 4.39. The van der Waals surface area contributed by atoms with Crippen LogP contribution in [0.2, 0.25) is 0 Å². The van der Waals surface area contributed by atoms with Crippen molar-refractivity contribution < 1.29 is 14.5 Å². The lowest BCUT2D eigenvalue weighted by Gasteiger charge is -2.06. The SMILES string of the molecule is COc1ccc([N+](=O)[O-])c(CC(=O)CC(C)C)n1. The molecule has 0 aliphatic rings. The molecule has 6 heteroatoms. The molecule has 0 unspecified atom stereocenters. The Labute approximate surface area is 105 Å². The number of nitrogens with zero attached hydrogens (tertiary/aromatic N) is 2. The molecule has 0 fully saturated rings. The number of ketones is 1. The number of hydrogen-bond donors (Lipinski definition) is 0. The Hall–Kier alpha value is -1.98. The molecule has 0 spiro atoms. The Kier molecular flexibility index (Phi) is 4.76. The zero-order chi connectivity index (χ0) is 13.7. The van der Waals surface area contributed by atoms with Gasteiger partial charge >= 0.3 is 0 Å². The summed E-state index contributed by atoms with van der Waals surface area (Å²) in [6.45, 7) is 3.84. The number of hydrogen-bond acceptors (Lipinski definition) is 5. The summed E-state index contributed by atoms with van der Waals surface area (Å²) in [4.78, 5) is 26.0. The second-order valence-electron chi connectivity index (χ2n) is 4.39. The first kappa shape index (κ1) is 14.1. The van der Waals surface area contributed by atoms with Gasteiger partial charge in [0.2, 0.25) is 5.88 Å². The Morgan fingerprint density at radius 2 is 2.17 bits per heavy atom. The Balaban J connectivity index is 2.97. The van der Waals surface area contributed by atoms with E-state index in [0.717, 1.165) is 0 Å². The van der Waals surface area contributed by atoms with Gasteiger partial charge in [-0.25, -0.2) is 4.98 Å². The zero-order valence-corrected chi connectivity index (χ0v) is 10.7. The minimum atomic E-state index is -0.537. The van der Waals surface area contributed by atoms with E-state index in [1.807, 2.05) is 13.8 Å². The lowest BCUT2D eigenvalue weighted by Crippen LogP contribution is -2.10. The van der Waals surface area contributed by atoms with Crippen molar-refractivity contribution in [1.29, 1.82) is 0 Å². The third-order valence-electron chi connectivity index (χ3n) is 2.33. The van der Waals surface area contributed by atoms with E-state index >= 15 is 0 Å². The van der Waals surface area contributed by atoms with Gasteiger partial charge in [0.25, 0.3) is 5.69 Å². The van der Waals surface area contributed by atoms with Crippen LogP contribution in [0.5, 0.6) is 5.88 Å². The maximum atomic E-state index is 11.7. The van der Waals surface area contributed by atoms with E-state index in [-0.39, 0.29) is 35.4 Å². The maximum Gasteiger partial charge on any atom is 0.291 e. The third-order valence-corrected chi connectivity index (χ3v) is 2.33. The summed E-state index contributed by atoms with van der Waals surface area (Å²) in [6.07, 6.45) is 0.349. The third kappa shape index (κ3) is 3.80. The summed E-state index contributed by atoms with van der Waals surface area (Å²) >= 11 is 0. The molecule has 0 aliphatic carbocycles. The van der Waals surface area contributed by atoms with E-state index in [4.69, 9.17) is 4.74 Å². The molecular formula is C12H16N2O4. The average molecular weight is 252 g/mol. The van der Waals surface area contributed by atoms with Crippen LogP contribution in [-0.4, -0.2) is 22.8 Å². The molecule has 18 heavy (non-hydrogen) atoms. The van der Waals surface area contributed by atoms with Crippen LogP contribution in [0.1, 0.15) is 26.0 Å². The predicted molar refractivity (Wildman–Crippen MR) is 65.6 cm³/mol. The number of rotatable bonds is 6. The van der Waals surface area contributed by atoms with Crippen molar-refractivity contribution in [3.8, 4) is 5.88 Å². The molecule has 0 N–H and O–H groups in total. The number of Topliss-reactive ketones (excluding diaryl/α,β-unsaturated/α-hetero) is 1. The van der Waals surface area contributed by atoms with Gasteiger partial charge in [-0.1, -0.05) is 13.8 Å². The molecule has 0 bridgehead atoms. The molecule has 0 amide bonds. The fourth-order valence-corrected chi connectivity index (χ4v) is 1.60. The van der Waals surface area contributed by atoms with Gasteiger partial charge in [-0.2, -0.15) is 0 Å². The molecule has 0 radical (unpaired) electrons. The maximum absolute atomic E-state index is 11.7. The lowest BCUT2D eigenvalue weighted by atomic mass is 10.0. The zero-order valence-electron chi connectivity index (χ0n) is 10.7. The largest absolute Gasteiger partial charge is 0.481 e. The molecule has 1 rings (SSSR count). The highest BCUT2D eigenvalue weighted by molar-refractivity contribution is 5.81. The van der Waals surface area contributed by atoms with Crippen molar-refractivity contribution in [2.24, 2.45) is 5.92 Å². The minimum Gasteiger partial charge on any atom is -0.481 e. The molecule has 0 aliphatic heterocycles. The van der Waals surface area contributed by atoms with Crippen LogP contribution in [0.15, 0.2) is 12.1 Å². The van der Waals surface area contributed by atoms with Crippen molar-refractivity contribution in [2.75, 3.05) is 7.11 Å². The average Bonchev–Trinajstić information content (AvgIpc) is 2.27. The molecule has 1 heterocycles. The first-order valence-corrected chi connectivity index (χ1v) is 5.64. The number of aromatic nitrogens is 1. The number of ether oxygens (including phenoxy) is 1. The monoisotopic (exact) mass is 252 g/mol. The van der Waals surface area contributed by atoms with Gasteiger partial charge in [-0.05, 0) is 5.92 Å². The Bertz CT molecular complexity index is 457. The highest BCUT2D eigenvalue weighted by Gasteiger charge is 2.19. The first-order valence-electron chi connectivity index (χ1n) is 5.64. The Morgan fingerprint density at radius 1 is 1.50 bits per heavy atom. The smallest absolute Gasteiger partial charge is 0.291 e. The van der Waals surface area contributed by atoms with E-state index in [9.17, 15) is 14.9 Å². The van der Waals surface area contributed by atoms with Gasteiger partial charge in [-0.15, -0.1) is 0 Å². The van der Waals surface area contributed by atoms with Gasteiger partial charge in [0.1, 0.15) is 11.5 Å². The van der Waals surface area contributed by atoms with Crippen LogP contribution >= 0.6 is 0 Å². The molecule has 0 atom stereocenters. The van der Waals surface area contributed by atoms with Crippen molar-refractivity contribution in [2.45, 2.75) is 26.7 Å². The molecule has 0 saturated heterocycles. The summed E-state index contributed by atoms with van der Waals surface area (Å²) in [5.41, 5.74) is 0.0120. The fourth-order valence-electron chi connectivity index (χ4n) is 1.60. The standard InChI is InChI=1S/C12H16N2O4/c1-8(2)6-9(15)7-10-11(14(16)17)4-5-12(13-10)18-3/h4-5,8H,6-7H2,1-3H3. The van der Waals surface area contributed by atoms with E-state index in [0.29, 0.717) is 6.42 Å². The molecule has 6 nitrogen and oxygen atoms in total. The predicted octanol–water partition coefficient (Wildman–Crippen LogP) is 2.16. The summed E-state index contributed by atoms with van der Waals surface area (Å²) in [6, 6.07) is 2.72. The van der Waals surface area contributed by atoms with Crippen LogP contribution in [0, 0.1) is 16.0 Å². The van der Waals surface area contributed by atoms with Crippen molar-refractivity contribution >= 4 is 11.5 Å². The Morgan fingerprint density at radius 3 is 2.67 bits per heavy atom. The van der Waals surface area contributed by atoms with Crippen LogP contribution in [0.4, 0.5) is 5.69 Å². The van der Waals surface area contributed by atoms with Gasteiger partial charge in [0.15, 0.2) is 0 Å². The highest BCUT2D eigenvalue weighted by Crippen LogP contribution is 2.21. The quantitative estimate of drug-likeness (QED) is 0.572. The van der Waals surface area contributed by atoms with Gasteiger partial charge < -0.3 is 4.74 Å². The summed E-state index contributed by atoms with van der Waals surface area (Å²) in [5, 5.41) is 10.8. The second kappa shape index (κ2) is 6.09.